The molecule has 0 aromatic heterocycles. The number of methoxy groups -OCH3 is 2. The molecule has 0 saturated carbocycles. The Morgan fingerprint density at radius 1 is 1.04 bits per heavy atom. The highest BCUT2D eigenvalue weighted by Gasteiger charge is 2.25. The van der Waals surface area contributed by atoms with Gasteiger partial charge in [0.2, 0.25) is 0 Å². The van der Waals surface area contributed by atoms with Gasteiger partial charge in [0.05, 0.1) is 14.2 Å². The summed E-state index contributed by atoms with van der Waals surface area (Å²) in [6, 6.07) is 16.0. The predicted molar refractivity (Wildman–Crippen MR) is 113 cm³/mol. The molecule has 2 rings (SSSR count). The molecule has 0 aliphatic carbocycles. The lowest BCUT2D eigenvalue weighted by molar-refractivity contribution is 0.177. The van der Waals surface area contributed by atoms with Gasteiger partial charge in [-0.05, 0) is 37.1 Å². The number of amides is 2. The predicted octanol–water partition coefficient (Wildman–Crippen LogP) is 4.60. The number of carbonyl (C=O) groups is 1. The molecule has 0 aliphatic heterocycles. The van der Waals surface area contributed by atoms with Gasteiger partial charge in [0.15, 0.2) is 11.5 Å². The van der Waals surface area contributed by atoms with Gasteiger partial charge in [-0.3, -0.25) is 0 Å². The number of hydrogen-bond donors (Lipinski definition) is 1. The molecule has 0 atom stereocenters. The van der Waals surface area contributed by atoms with Crippen molar-refractivity contribution in [1.29, 1.82) is 0 Å². The largest absolute Gasteiger partial charge is 0.493 e. The van der Waals surface area contributed by atoms with Crippen molar-refractivity contribution >= 4 is 6.03 Å². The van der Waals surface area contributed by atoms with Crippen molar-refractivity contribution in [2.45, 2.75) is 45.7 Å². The van der Waals surface area contributed by atoms with Gasteiger partial charge in [0.25, 0.3) is 0 Å². The lowest BCUT2D eigenvalue weighted by Gasteiger charge is -2.31. The van der Waals surface area contributed by atoms with E-state index in [-0.39, 0.29) is 17.5 Å². The van der Waals surface area contributed by atoms with Crippen molar-refractivity contribution < 1.29 is 14.3 Å². The van der Waals surface area contributed by atoms with Crippen LogP contribution in [0, 0.1) is 0 Å². The SMILES string of the molecule is COc1ccc(C(C)(C)CNC(=O)N(Cc2ccccc2)C(C)C)cc1OC. The van der Waals surface area contributed by atoms with Crippen LogP contribution < -0.4 is 14.8 Å². The molecule has 0 bridgehead atoms. The Bertz CT molecular complexity index is 773. The van der Waals surface area contributed by atoms with Crippen LogP contribution in [0.5, 0.6) is 11.5 Å². The molecule has 0 aliphatic rings. The standard InChI is InChI=1S/C23H32N2O3/c1-17(2)25(15-18-10-8-7-9-11-18)22(26)24-16-23(3,4)19-12-13-20(27-5)21(14-19)28-6/h7-14,17H,15-16H2,1-6H3,(H,24,26). The molecule has 2 amide bonds. The maximum atomic E-state index is 12.9. The summed E-state index contributed by atoms with van der Waals surface area (Å²) in [6.07, 6.45) is 0. The minimum atomic E-state index is -0.259. The van der Waals surface area contributed by atoms with Gasteiger partial charge in [-0.1, -0.05) is 50.2 Å². The van der Waals surface area contributed by atoms with E-state index >= 15 is 0 Å². The van der Waals surface area contributed by atoms with Crippen molar-refractivity contribution in [2.24, 2.45) is 0 Å². The average molecular weight is 385 g/mol. The lowest BCUT2D eigenvalue weighted by Crippen LogP contribution is -2.47. The van der Waals surface area contributed by atoms with Crippen molar-refractivity contribution in [1.82, 2.24) is 10.2 Å². The second-order valence-electron chi connectivity index (χ2n) is 7.82. The van der Waals surface area contributed by atoms with Gasteiger partial charge in [-0.15, -0.1) is 0 Å². The number of rotatable bonds is 8. The second-order valence-corrected chi connectivity index (χ2v) is 7.82. The molecular formula is C23H32N2O3. The Labute approximate surface area is 168 Å². The molecule has 0 spiro atoms. The number of nitrogens with zero attached hydrogens (tertiary/aromatic N) is 1. The molecule has 2 aromatic rings. The third kappa shape index (κ3) is 5.41. The van der Waals surface area contributed by atoms with Crippen molar-refractivity contribution in [2.75, 3.05) is 20.8 Å². The molecule has 5 nitrogen and oxygen atoms in total. The zero-order chi connectivity index (χ0) is 20.7. The van der Waals surface area contributed by atoms with Crippen molar-refractivity contribution in [3.8, 4) is 11.5 Å². The zero-order valence-electron chi connectivity index (χ0n) is 17.8. The summed E-state index contributed by atoms with van der Waals surface area (Å²) in [4.78, 5) is 14.7. The molecular weight excluding hydrogens is 352 g/mol. The number of benzene rings is 2. The van der Waals surface area contributed by atoms with E-state index in [9.17, 15) is 4.79 Å². The Balaban J connectivity index is 2.08. The molecule has 2 aromatic carbocycles. The highest BCUT2D eigenvalue weighted by Crippen LogP contribution is 2.32. The summed E-state index contributed by atoms with van der Waals surface area (Å²) >= 11 is 0. The van der Waals surface area contributed by atoms with Gasteiger partial charge < -0.3 is 19.7 Å². The Morgan fingerprint density at radius 3 is 2.25 bits per heavy atom. The average Bonchev–Trinajstić information content (AvgIpc) is 2.70. The smallest absolute Gasteiger partial charge is 0.317 e. The van der Waals surface area contributed by atoms with Crippen LogP contribution >= 0.6 is 0 Å². The molecule has 0 radical (unpaired) electrons. The second kappa shape index (κ2) is 9.49. The van der Waals surface area contributed by atoms with Crippen LogP contribution in [0.3, 0.4) is 0 Å². The van der Waals surface area contributed by atoms with E-state index in [1.807, 2.05) is 67.3 Å². The van der Waals surface area contributed by atoms with Gasteiger partial charge in [-0.2, -0.15) is 0 Å². The van der Waals surface area contributed by atoms with Gasteiger partial charge in [0, 0.05) is 24.5 Å². The number of urea groups is 1. The fourth-order valence-corrected chi connectivity index (χ4v) is 3.03. The summed E-state index contributed by atoms with van der Waals surface area (Å²) in [5.41, 5.74) is 1.93. The van der Waals surface area contributed by atoms with E-state index in [0.717, 1.165) is 11.1 Å². The fraction of sp³-hybridized carbons (Fsp3) is 0.435. The van der Waals surface area contributed by atoms with Crippen LogP contribution in [-0.2, 0) is 12.0 Å². The summed E-state index contributed by atoms with van der Waals surface area (Å²) in [6.45, 7) is 9.36. The highest BCUT2D eigenvalue weighted by atomic mass is 16.5. The van der Waals surface area contributed by atoms with Gasteiger partial charge in [0.1, 0.15) is 0 Å². The molecule has 5 heteroatoms. The summed E-state index contributed by atoms with van der Waals surface area (Å²) in [5, 5.41) is 3.10. The summed E-state index contributed by atoms with van der Waals surface area (Å²) in [7, 11) is 3.25. The quantitative estimate of drug-likeness (QED) is 0.723. The summed E-state index contributed by atoms with van der Waals surface area (Å²) < 4.78 is 10.7. The molecule has 1 N–H and O–H groups in total. The fourth-order valence-electron chi connectivity index (χ4n) is 3.03. The van der Waals surface area contributed by atoms with Crippen LogP contribution in [-0.4, -0.2) is 37.7 Å². The van der Waals surface area contributed by atoms with Crippen LogP contribution in [0.15, 0.2) is 48.5 Å². The van der Waals surface area contributed by atoms with E-state index in [2.05, 4.69) is 19.2 Å². The highest BCUT2D eigenvalue weighted by molar-refractivity contribution is 5.74. The number of hydrogen-bond acceptors (Lipinski definition) is 3. The van der Waals surface area contributed by atoms with E-state index in [1.165, 1.54) is 0 Å². The number of ether oxygens (including phenoxy) is 2. The Morgan fingerprint density at radius 2 is 1.68 bits per heavy atom. The number of carbonyl (C=O) groups excluding carboxylic acids is 1. The molecule has 0 saturated heterocycles. The van der Waals surface area contributed by atoms with Crippen LogP contribution in [0.25, 0.3) is 0 Å². The minimum Gasteiger partial charge on any atom is -0.493 e. The Hall–Kier alpha value is -2.69. The third-order valence-electron chi connectivity index (χ3n) is 4.93. The van der Waals surface area contributed by atoms with E-state index in [4.69, 9.17) is 9.47 Å². The lowest BCUT2D eigenvalue weighted by atomic mass is 9.84. The van der Waals surface area contributed by atoms with Crippen LogP contribution in [0.4, 0.5) is 4.79 Å². The number of nitrogens with one attached hydrogen (secondary N) is 1. The molecule has 0 unspecified atom stereocenters. The van der Waals surface area contributed by atoms with E-state index < -0.39 is 0 Å². The topological polar surface area (TPSA) is 50.8 Å². The minimum absolute atomic E-state index is 0.0626. The molecule has 0 heterocycles. The van der Waals surface area contributed by atoms with Gasteiger partial charge in [-0.25, -0.2) is 4.79 Å². The first-order valence-electron chi connectivity index (χ1n) is 9.59. The first-order chi connectivity index (χ1) is 13.3. The van der Waals surface area contributed by atoms with Crippen molar-refractivity contribution in [3.05, 3.63) is 59.7 Å². The van der Waals surface area contributed by atoms with E-state index in [0.29, 0.717) is 24.6 Å². The molecule has 0 fully saturated rings. The van der Waals surface area contributed by atoms with Crippen LogP contribution in [0.2, 0.25) is 0 Å². The first-order valence-corrected chi connectivity index (χ1v) is 9.59. The third-order valence-corrected chi connectivity index (χ3v) is 4.93. The van der Waals surface area contributed by atoms with Crippen molar-refractivity contribution in [3.63, 3.8) is 0 Å². The molecule has 152 valence electrons. The Kier molecular flexibility index (Phi) is 7.32. The molecule has 28 heavy (non-hydrogen) atoms. The van der Waals surface area contributed by atoms with E-state index in [1.54, 1.807) is 14.2 Å². The normalized spacial score (nSPS) is 11.2. The summed E-state index contributed by atoms with van der Waals surface area (Å²) in [5.74, 6) is 1.38. The zero-order valence-corrected chi connectivity index (χ0v) is 17.8. The van der Waals surface area contributed by atoms with Crippen LogP contribution in [0.1, 0.15) is 38.8 Å². The first kappa shape index (κ1) is 21.6. The monoisotopic (exact) mass is 384 g/mol. The van der Waals surface area contributed by atoms with Gasteiger partial charge >= 0.3 is 6.03 Å². The maximum absolute atomic E-state index is 12.9. The maximum Gasteiger partial charge on any atom is 0.317 e.